The second-order valence-electron chi connectivity index (χ2n) is 9.30. The Balaban J connectivity index is 1.62. The molecule has 0 atom stereocenters. The van der Waals surface area contributed by atoms with E-state index in [0.29, 0.717) is 12.5 Å². The Bertz CT molecular complexity index is 1160. The third kappa shape index (κ3) is 3.83. The molecule has 1 amide bonds. The van der Waals surface area contributed by atoms with E-state index in [1.807, 2.05) is 11.0 Å². The van der Waals surface area contributed by atoms with E-state index >= 15 is 0 Å². The van der Waals surface area contributed by atoms with Crippen LogP contribution >= 0.6 is 0 Å². The lowest BCUT2D eigenvalue weighted by Gasteiger charge is -2.37. The van der Waals surface area contributed by atoms with E-state index in [0.717, 1.165) is 43.0 Å². The van der Waals surface area contributed by atoms with Crippen LogP contribution in [0, 0.1) is 20.8 Å². The van der Waals surface area contributed by atoms with Gasteiger partial charge in [0.1, 0.15) is 5.69 Å². The Labute approximate surface area is 192 Å². The topological polar surface area (TPSA) is 28.5 Å². The molecule has 3 aromatic rings. The second-order valence-corrected chi connectivity index (χ2v) is 9.30. The first kappa shape index (κ1) is 22.2. The molecule has 2 aromatic carbocycles. The van der Waals surface area contributed by atoms with E-state index in [-0.39, 0.29) is 5.91 Å². The van der Waals surface area contributed by atoms with Gasteiger partial charge in [0, 0.05) is 49.3 Å². The molecule has 0 aliphatic carbocycles. The maximum Gasteiger partial charge on any atom is 0.270 e. The van der Waals surface area contributed by atoms with Crippen LogP contribution < -0.4 is 4.90 Å². The van der Waals surface area contributed by atoms with E-state index in [1.54, 1.807) is 0 Å². The zero-order chi connectivity index (χ0) is 23.0. The first-order chi connectivity index (χ1) is 15.3. The van der Waals surface area contributed by atoms with Crippen molar-refractivity contribution < 1.29 is 4.79 Å². The molecule has 0 N–H and O–H groups in total. The van der Waals surface area contributed by atoms with Crippen LogP contribution in [0.1, 0.15) is 52.5 Å². The van der Waals surface area contributed by atoms with Crippen molar-refractivity contribution in [2.45, 2.75) is 47.1 Å². The quantitative estimate of drug-likeness (QED) is 0.477. The van der Waals surface area contributed by atoms with Gasteiger partial charge in [-0.1, -0.05) is 38.1 Å². The highest BCUT2D eigenvalue weighted by Gasteiger charge is 2.28. The van der Waals surface area contributed by atoms with Crippen LogP contribution in [-0.2, 0) is 6.54 Å². The van der Waals surface area contributed by atoms with Crippen molar-refractivity contribution in [3.63, 3.8) is 0 Å². The van der Waals surface area contributed by atoms with Gasteiger partial charge in [0.05, 0.1) is 0 Å². The first-order valence-corrected chi connectivity index (χ1v) is 11.7. The molecule has 4 heteroatoms. The number of carbonyl (C=O) groups excluding carboxylic acids is 1. The summed E-state index contributed by atoms with van der Waals surface area (Å²) in [5.74, 6) is 0.589. The summed E-state index contributed by atoms with van der Waals surface area (Å²) in [6, 6.07) is 13.1. The molecule has 4 nitrogen and oxygen atoms in total. The summed E-state index contributed by atoms with van der Waals surface area (Å²) in [6.45, 7) is 18.6. The van der Waals surface area contributed by atoms with Crippen LogP contribution in [0.2, 0.25) is 0 Å². The van der Waals surface area contributed by atoms with Crippen LogP contribution in [0.5, 0.6) is 0 Å². The lowest BCUT2D eigenvalue weighted by molar-refractivity contribution is 0.0736. The van der Waals surface area contributed by atoms with Gasteiger partial charge in [-0.2, -0.15) is 0 Å². The number of nitrogens with zero attached hydrogens (tertiary/aromatic N) is 3. The van der Waals surface area contributed by atoms with Gasteiger partial charge in [-0.05, 0) is 67.1 Å². The predicted octanol–water partition coefficient (Wildman–Crippen LogP) is 5.84. The summed E-state index contributed by atoms with van der Waals surface area (Å²) in [4.78, 5) is 18.2. The van der Waals surface area contributed by atoms with Crippen LogP contribution in [-0.4, -0.2) is 41.6 Å². The predicted molar refractivity (Wildman–Crippen MR) is 135 cm³/mol. The number of hydrogen-bond acceptors (Lipinski definition) is 2. The van der Waals surface area contributed by atoms with Gasteiger partial charge in [-0.25, -0.2) is 0 Å². The van der Waals surface area contributed by atoms with Crippen LogP contribution in [0.3, 0.4) is 0 Å². The number of allylic oxidation sites excluding steroid dienone is 1. The number of aryl methyl sites for hydroxylation is 2. The van der Waals surface area contributed by atoms with Crippen molar-refractivity contribution in [3.8, 4) is 0 Å². The smallest absolute Gasteiger partial charge is 0.270 e. The molecule has 1 saturated heterocycles. The number of piperazine rings is 1. The highest BCUT2D eigenvalue weighted by Crippen LogP contribution is 2.31. The van der Waals surface area contributed by atoms with Crippen LogP contribution in [0.15, 0.2) is 49.1 Å². The van der Waals surface area contributed by atoms with Gasteiger partial charge >= 0.3 is 0 Å². The van der Waals surface area contributed by atoms with E-state index < -0.39 is 0 Å². The van der Waals surface area contributed by atoms with E-state index in [1.165, 1.54) is 27.8 Å². The Kier molecular flexibility index (Phi) is 6.14. The van der Waals surface area contributed by atoms with Crippen molar-refractivity contribution in [1.29, 1.82) is 0 Å². The molecular weight excluding hydrogens is 394 g/mol. The van der Waals surface area contributed by atoms with Gasteiger partial charge < -0.3 is 14.4 Å². The molecule has 0 spiro atoms. The number of amides is 1. The molecule has 0 radical (unpaired) electrons. The Morgan fingerprint density at radius 1 is 1.03 bits per heavy atom. The number of fused-ring (bicyclic) bond motifs is 1. The third-order valence-corrected chi connectivity index (χ3v) is 7.01. The molecule has 1 aliphatic rings. The van der Waals surface area contributed by atoms with Gasteiger partial charge in [0.25, 0.3) is 5.91 Å². The maximum atomic E-state index is 13.7. The van der Waals surface area contributed by atoms with Gasteiger partial charge in [0.15, 0.2) is 0 Å². The molecule has 0 bridgehead atoms. The van der Waals surface area contributed by atoms with Crippen molar-refractivity contribution >= 4 is 22.5 Å². The molecular formula is C28H35N3O. The fourth-order valence-corrected chi connectivity index (χ4v) is 4.87. The number of hydrogen-bond donors (Lipinski definition) is 0. The van der Waals surface area contributed by atoms with Crippen molar-refractivity contribution in [1.82, 2.24) is 9.47 Å². The van der Waals surface area contributed by atoms with Gasteiger partial charge in [-0.15, -0.1) is 6.58 Å². The zero-order valence-electron chi connectivity index (χ0n) is 20.1. The van der Waals surface area contributed by atoms with Crippen molar-refractivity contribution in [2.24, 2.45) is 0 Å². The van der Waals surface area contributed by atoms with Crippen LogP contribution in [0.4, 0.5) is 5.69 Å². The van der Waals surface area contributed by atoms with Crippen molar-refractivity contribution in [3.05, 3.63) is 77.0 Å². The third-order valence-electron chi connectivity index (χ3n) is 7.01. The zero-order valence-corrected chi connectivity index (χ0v) is 20.1. The summed E-state index contributed by atoms with van der Waals surface area (Å²) in [5.41, 5.74) is 8.23. The minimum absolute atomic E-state index is 0.132. The number of aromatic nitrogens is 1. The lowest BCUT2D eigenvalue weighted by atomic mass is 10.0. The van der Waals surface area contributed by atoms with E-state index in [4.69, 9.17) is 0 Å². The summed E-state index contributed by atoms with van der Waals surface area (Å²) in [6.07, 6.45) is 1.88. The average molecular weight is 430 g/mol. The Morgan fingerprint density at radius 2 is 1.75 bits per heavy atom. The number of carbonyl (C=O) groups is 1. The summed E-state index contributed by atoms with van der Waals surface area (Å²) < 4.78 is 2.14. The normalized spacial score (nSPS) is 14.4. The monoisotopic (exact) mass is 429 g/mol. The molecule has 0 unspecified atom stereocenters. The minimum atomic E-state index is 0.132. The van der Waals surface area contributed by atoms with Gasteiger partial charge in [0.2, 0.25) is 0 Å². The first-order valence-electron chi connectivity index (χ1n) is 11.7. The largest absolute Gasteiger partial charge is 0.368 e. The Hall–Kier alpha value is -3.01. The number of rotatable bonds is 5. The highest BCUT2D eigenvalue weighted by atomic mass is 16.2. The molecule has 1 fully saturated rings. The molecule has 4 rings (SSSR count). The second kappa shape index (κ2) is 8.85. The summed E-state index contributed by atoms with van der Waals surface area (Å²) in [5, 5.41) is 1.18. The Morgan fingerprint density at radius 3 is 2.41 bits per heavy atom. The standard InChI is InChI=1S/C28H35N3O/c1-7-13-31-26-12-11-23(19(2)3)18-24(26)22(6)27(31)28(32)30-16-14-29(15-17-30)25-10-8-9-20(4)21(25)5/h7-12,18-19H,1,13-17H2,2-6H3. The number of anilines is 1. The maximum absolute atomic E-state index is 13.7. The molecule has 168 valence electrons. The summed E-state index contributed by atoms with van der Waals surface area (Å²) in [7, 11) is 0. The number of benzene rings is 2. The molecule has 2 heterocycles. The van der Waals surface area contributed by atoms with E-state index in [2.05, 4.69) is 87.1 Å². The molecule has 1 aliphatic heterocycles. The molecule has 1 aromatic heterocycles. The fourth-order valence-electron chi connectivity index (χ4n) is 4.87. The highest BCUT2D eigenvalue weighted by molar-refractivity contribution is 6.02. The molecule has 32 heavy (non-hydrogen) atoms. The van der Waals surface area contributed by atoms with Crippen LogP contribution in [0.25, 0.3) is 10.9 Å². The van der Waals surface area contributed by atoms with E-state index in [9.17, 15) is 4.79 Å². The lowest BCUT2D eigenvalue weighted by Crippen LogP contribution is -2.49. The van der Waals surface area contributed by atoms with Crippen molar-refractivity contribution in [2.75, 3.05) is 31.1 Å². The SMILES string of the molecule is C=CCn1c(C(=O)N2CCN(c3cccc(C)c3C)CC2)c(C)c2cc(C(C)C)ccc21. The van der Waals surface area contributed by atoms with Gasteiger partial charge in [-0.3, -0.25) is 4.79 Å². The minimum Gasteiger partial charge on any atom is -0.368 e. The molecule has 0 saturated carbocycles. The summed E-state index contributed by atoms with van der Waals surface area (Å²) >= 11 is 0. The average Bonchev–Trinajstić information content (AvgIpc) is 3.06. The fraction of sp³-hybridized carbons (Fsp3) is 0.393.